The van der Waals surface area contributed by atoms with E-state index in [0.717, 1.165) is 6.07 Å². The van der Waals surface area contributed by atoms with Gasteiger partial charge < -0.3 is 10.7 Å². The van der Waals surface area contributed by atoms with E-state index in [9.17, 15) is 8.78 Å². The predicted molar refractivity (Wildman–Crippen MR) is 61.4 cm³/mol. The van der Waals surface area contributed by atoms with Crippen LogP contribution in [0, 0.1) is 11.6 Å². The number of nitrogens with one attached hydrogen (secondary N) is 1. The Hall–Kier alpha value is -2.57. The predicted octanol–water partition coefficient (Wildman–Crippen LogP) is 1.88. The minimum absolute atomic E-state index is 0.186. The van der Waals surface area contributed by atoms with Crippen LogP contribution in [0.4, 0.5) is 14.6 Å². The molecule has 7 heteroatoms. The average molecular weight is 247 g/mol. The topological polar surface area (TPSA) is 80.5 Å². The second kappa shape index (κ2) is 3.73. The standard InChI is InChI=1S/C11H7F2N5/c12-5-1-6-7(3-15-10(6)8(13)2-5)11-17-9(14)4-16-18-11/h1-4,15H,(H2,14,17,18). The SMILES string of the molecule is Nc1cnnc(-c2c[nH]c3c(F)cc(F)cc23)n1. The van der Waals surface area contributed by atoms with Crippen molar-refractivity contribution >= 4 is 16.7 Å². The molecule has 1 aromatic carbocycles. The van der Waals surface area contributed by atoms with E-state index in [1.807, 2.05) is 0 Å². The highest BCUT2D eigenvalue weighted by molar-refractivity contribution is 5.94. The van der Waals surface area contributed by atoms with Crippen molar-refractivity contribution in [3.05, 3.63) is 36.2 Å². The fourth-order valence-corrected chi connectivity index (χ4v) is 1.77. The van der Waals surface area contributed by atoms with E-state index in [0.29, 0.717) is 10.9 Å². The van der Waals surface area contributed by atoms with E-state index in [-0.39, 0.29) is 17.2 Å². The van der Waals surface area contributed by atoms with E-state index >= 15 is 0 Å². The summed E-state index contributed by atoms with van der Waals surface area (Å²) >= 11 is 0. The molecule has 3 N–H and O–H groups in total. The first-order valence-electron chi connectivity index (χ1n) is 5.07. The Bertz CT molecular complexity index is 737. The summed E-state index contributed by atoms with van der Waals surface area (Å²) < 4.78 is 26.7. The first kappa shape index (κ1) is 10.6. The van der Waals surface area contributed by atoms with Crippen LogP contribution in [0.2, 0.25) is 0 Å². The van der Waals surface area contributed by atoms with Crippen molar-refractivity contribution in [2.45, 2.75) is 0 Å². The lowest BCUT2D eigenvalue weighted by molar-refractivity contribution is 0.591. The number of aromatic nitrogens is 4. The molecule has 3 aromatic rings. The maximum absolute atomic E-state index is 13.5. The first-order valence-corrected chi connectivity index (χ1v) is 5.07. The molecular weight excluding hydrogens is 240 g/mol. The van der Waals surface area contributed by atoms with Gasteiger partial charge in [0.2, 0.25) is 0 Å². The number of halogens is 2. The first-order chi connectivity index (χ1) is 8.65. The van der Waals surface area contributed by atoms with E-state index in [2.05, 4.69) is 20.2 Å². The van der Waals surface area contributed by atoms with Gasteiger partial charge in [-0.05, 0) is 6.07 Å². The second-order valence-corrected chi connectivity index (χ2v) is 3.72. The zero-order valence-electron chi connectivity index (χ0n) is 8.98. The number of rotatable bonds is 1. The van der Waals surface area contributed by atoms with Gasteiger partial charge in [-0.2, -0.15) is 5.10 Å². The minimum Gasteiger partial charge on any atom is -0.382 e. The molecule has 5 nitrogen and oxygen atoms in total. The number of hydrogen-bond donors (Lipinski definition) is 2. The molecule has 0 saturated carbocycles. The van der Waals surface area contributed by atoms with Gasteiger partial charge in [0.15, 0.2) is 5.82 Å². The third kappa shape index (κ3) is 1.56. The summed E-state index contributed by atoms with van der Waals surface area (Å²) in [7, 11) is 0. The number of benzene rings is 1. The summed E-state index contributed by atoms with van der Waals surface area (Å²) in [5, 5.41) is 7.79. The van der Waals surface area contributed by atoms with Crippen LogP contribution in [-0.2, 0) is 0 Å². The van der Waals surface area contributed by atoms with Crippen molar-refractivity contribution in [3.63, 3.8) is 0 Å². The molecule has 3 rings (SSSR count). The minimum atomic E-state index is -0.673. The Kier molecular flexibility index (Phi) is 2.19. The fourth-order valence-electron chi connectivity index (χ4n) is 1.77. The van der Waals surface area contributed by atoms with Crippen molar-refractivity contribution in [1.82, 2.24) is 20.2 Å². The number of anilines is 1. The van der Waals surface area contributed by atoms with Gasteiger partial charge >= 0.3 is 0 Å². The van der Waals surface area contributed by atoms with Crippen LogP contribution < -0.4 is 5.73 Å². The van der Waals surface area contributed by atoms with E-state index in [1.165, 1.54) is 18.5 Å². The van der Waals surface area contributed by atoms with Gasteiger partial charge in [-0.1, -0.05) is 0 Å². The molecular formula is C11H7F2N5. The van der Waals surface area contributed by atoms with Gasteiger partial charge in [-0.25, -0.2) is 13.8 Å². The van der Waals surface area contributed by atoms with E-state index in [4.69, 9.17) is 5.73 Å². The molecule has 0 fully saturated rings. The normalized spacial score (nSPS) is 11.0. The molecule has 90 valence electrons. The Morgan fingerprint density at radius 3 is 2.83 bits per heavy atom. The molecule has 0 aliphatic carbocycles. The molecule has 2 heterocycles. The van der Waals surface area contributed by atoms with Crippen LogP contribution in [0.1, 0.15) is 0 Å². The summed E-state index contributed by atoms with van der Waals surface area (Å²) in [5.41, 5.74) is 6.14. The van der Waals surface area contributed by atoms with E-state index < -0.39 is 11.6 Å². The van der Waals surface area contributed by atoms with Gasteiger partial charge in [-0.3, -0.25) is 0 Å². The Labute approximate surface area is 99.7 Å². The molecule has 0 atom stereocenters. The summed E-state index contributed by atoms with van der Waals surface area (Å²) in [6, 6.07) is 2.01. The Morgan fingerprint density at radius 1 is 1.22 bits per heavy atom. The van der Waals surface area contributed by atoms with Crippen molar-refractivity contribution < 1.29 is 8.78 Å². The average Bonchev–Trinajstić information content (AvgIpc) is 2.72. The van der Waals surface area contributed by atoms with Crippen molar-refractivity contribution in [2.24, 2.45) is 0 Å². The van der Waals surface area contributed by atoms with Crippen molar-refractivity contribution in [3.8, 4) is 11.4 Å². The number of H-pyrrole nitrogens is 1. The lowest BCUT2D eigenvalue weighted by Crippen LogP contribution is -1.97. The third-order valence-electron chi connectivity index (χ3n) is 2.52. The van der Waals surface area contributed by atoms with E-state index in [1.54, 1.807) is 0 Å². The summed E-state index contributed by atoms with van der Waals surface area (Å²) in [6.45, 7) is 0. The molecule has 0 bridgehead atoms. The molecule has 0 aliphatic rings. The van der Waals surface area contributed by atoms with Gasteiger partial charge in [0.25, 0.3) is 0 Å². The van der Waals surface area contributed by atoms with Crippen LogP contribution in [-0.4, -0.2) is 20.2 Å². The number of nitrogens with two attached hydrogens (primary N) is 1. The lowest BCUT2D eigenvalue weighted by Gasteiger charge is -1.98. The molecule has 0 saturated heterocycles. The van der Waals surface area contributed by atoms with Gasteiger partial charge in [-0.15, -0.1) is 5.10 Å². The lowest BCUT2D eigenvalue weighted by atomic mass is 10.1. The number of aromatic amines is 1. The highest BCUT2D eigenvalue weighted by atomic mass is 19.1. The van der Waals surface area contributed by atoms with Crippen LogP contribution in [0.3, 0.4) is 0 Å². The zero-order valence-corrected chi connectivity index (χ0v) is 8.98. The molecule has 0 aliphatic heterocycles. The summed E-state index contributed by atoms with van der Waals surface area (Å²) in [5.74, 6) is -0.941. The Balaban J connectivity index is 2.30. The van der Waals surface area contributed by atoms with Crippen molar-refractivity contribution in [2.75, 3.05) is 5.73 Å². The summed E-state index contributed by atoms with van der Waals surface area (Å²) in [4.78, 5) is 6.68. The van der Waals surface area contributed by atoms with Gasteiger partial charge in [0.05, 0.1) is 11.7 Å². The quantitative estimate of drug-likeness (QED) is 0.688. The van der Waals surface area contributed by atoms with Crippen LogP contribution in [0.25, 0.3) is 22.3 Å². The molecule has 18 heavy (non-hydrogen) atoms. The van der Waals surface area contributed by atoms with Crippen LogP contribution >= 0.6 is 0 Å². The maximum Gasteiger partial charge on any atom is 0.185 e. The van der Waals surface area contributed by atoms with Crippen molar-refractivity contribution in [1.29, 1.82) is 0 Å². The highest BCUT2D eigenvalue weighted by Crippen LogP contribution is 2.28. The second-order valence-electron chi connectivity index (χ2n) is 3.72. The van der Waals surface area contributed by atoms with Gasteiger partial charge in [0, 0.05) is 23.2 Å². The monoisotopic (exact) mass is 247 g/mol. The fraction of sp³-hybridized carbons (Fsp3) is 0. The Morgan fingerprint density at radius 2 is 2.06 bits per heavy atom. The van der Waals surface area contributed by atoms with Gasteiger partial charge in [0.1, 0.15) is 17.5 Å². The molecule has 2 aromatic heterocycles. The zero-order chi connectivity index (χ0) is 12.7. The molecule has 0 amide bonds. The molecule has 0 unspecified atom stereocenters. The third-order valence-corrected chi connectivity index (χ3v) is 2.52. The molecule has 0 spiro atoms. The highest BCUT2D eigenvalue weighted by Gasteiger charge is 2.13. The summed E-state index contributed by atoms with van der Waals surface area (Å²) in [6.07, 6.45) is 2.78. The van der Waals surface area contributed by atoms with Crippen LogP contribution in [0.15, 0.2) is 24.5 Å². The maximum atomic E-state index is 13.5. The number of fused-ring (bicyclic) bond motifs is 1. The number of nitrogen functional groups attached to an aromatic ring is 1. The number of nitrogens with zero attached hydrogens (tertiary/aromatic N) is 3. The van der Waals surface area contributed by atoms with Crippen LogP contribution in [0.5, 0.6) is 0 Å². The number of hydrogen-bond acceptors (Lipinski definition) is 4. The largest absolute Gasteiger partial charge is 0.382 e. The molecule has 0 radical (unpaired) electrons. The smallest absolute Gasteiger partial charge is 0.185 e.